The Bertz CT molecular complexity index is 2740. The molecule has 48 heavy (non-hydrogen) atoms. The van der Waals surface area contributed by atoms with Crippen LogP contribution in [0.25, 0.3) is 94.2 Å². The lowest BCUT2D eigenvalue weighted by atomic mass is 9.99. The molecule has 0 atom stereocenters. The number of hydrogen-bond donors (Lipinski definition) is 0. The van der Waals surface area contributed by atoms with E-state index in [2.05, 4.69) is 103 Å². The first kappa shape index (κ1) is 27.2. The summed E-state index contributed by atoms with van der Waals surface area (Å²) in [5.74, 6) is 1.94. The molecule has 0 amide bonds. The first-order valence-electron chi connectivity index (χ1n) is 16.2. The van der Waals surface area contributed by atoms with E-state index >= 15 is 0 Å². The summed E-state index contributed by atoms with van der Waals surface area (Å²) in [6, 6.07) is 44.4. The van der Waals surface area contributed by atoms with Gasteiger partial charge >= 0.3 is 0 Å². The molecule has 9 aromatic rings. The molecule has 0 N–H and O–H groups in total. The zero-order chi connectivity index (χ0) is 31.6. The zero-order valence-corrected chi connectivity index (χ0v) is 26.7. The Kier molecular flexibility index (Phi) is 6.14. The molecular weight excluding hydrogens is 607 g/mol. The van der Waals surface area contributed by atoms with Crippen LogP contribution in [0.3, 0.4) is 0 Å². The Morgan fingerprint density at radius 2 is 1.25 bits per heavy atom. The summed E-state index contributed by atoms with van der Waals surface area (Å²) >= 11 is 1.83. The van der Waals surface area contributed by atoms with Gasteiger partial charge in [0.15, 0.2) is 17.5 Å². The van der Waals surface area contributed by atoms with E-state index in [1.807, 2.05) is 47.7 Å². The fourth-order valence-electron chi connectivity index (χ4n) is 7.08. The molecule has 0 radical (unpaired) electrons. The summed E-state index contributed by atoms with van der Waals surface area (Å²) in [7, 11) is 0. The molecule has 0 fully saturated rings. The quantitative estimate of drug-likeness (QED) is 0.193. The third-order valence-electron chi connectivity index (χ3n) is 9.41. The minimum atomic E-state index is 0.628. The summed E-state index contributed by atoms with van der Waals surface area (Å²) in [6.45, 7) is 0. The van der Waals surface area contributed by atoms with Gasteiger partial charge in [-0.2, -0.15) is 0 Å². The molecule has 226 valence electrons. The number of fused-ring (bicyclic) bond motifs is 7. The fourth-order valence-corrected chi connectivity index (χ4v) is 8.37. The summed E-state index contributed by atoms with van der Waals surface area (Å²) < 4.78 is 7.49. The van der Waals surface area contributed by atoms with E-state index in [9.17, 15) is 0 Å². The summed E-state index contributed by atoms with van der Waals surface area (Å²) in [4.78, 5) is 17.0. The van der Waals surface area contributed by atoms with Crippen LogP contribution in [0.2, 0.25) is 0 Å². The van der Waals surface area contributed by atoms with E-state index < -0.39 is 0 Å². The lowest BCUT2D eigenvalue weighted by molar-refractivity contribution is 0.669. The van der Waals surface area contributed by atoms with Gasteiger partial charge < -0.3 is 4.42 Å². The van der Waals surface area contributed by atoms with E-state index in [4.69, 9.17) is 19.4 Å². The average molecular weight is 634 g/mol. The highest BCUT2D eigenvalue weighted by Gasteiger charge is 2.21. The van der Waals surface area contributed by atoms with Crippen molar-refractivity contribution in [2.75, 3.05) is 0 Å². The standard InChI is InChI=1S/C43H27N3OS/c1-2-10-26(11-3-1)28-22-20-27-21-23-29(25-30(27)24-28)41-44-42(34-15-9-18-37-39(34)33-13-4-6-17-36(33)47-37)46-43(45-41)35-16-8-14-32-31-12-5-7-19-38(31)48-40(32)35/h1-4,6-11,13-25H,5,12H2. The average Bonchev–Trinajstić information content (AvgIpc) is 3.73. The lowest BCUT2D eigenvalue weighted by Crippen LogP contribution is -2.00. The first-order valence-corrected chi connectivity index (χ1v) is 17.1. The molecule has 0 saturated heterocycles. The van der Waals surface area contributed by atoms with E-state index in [1.54, 1.807) is 0 Å². The van der Waals surface area contributed by atoms with Crippen LogP contribution in [0.1, 0.15) is 16.9 Å². The highest BCUT2D eigenvalue weighted by atomic mass is 32.1. The maximum atomic E-state index is 6.27. The number of aryl methyl sites for hydroxylation is 1. The fraction of sp³-hybridized carbons (Fsp3) is 0.0465. The van der Waals surface area contributed by atoms with E-state index in [0.717, 1.165) is 56.9 Å². The predicted molar refractivity (Wildman–Crippen MR) is 199 cm³/mol. The van der Waals surface area contributed by atoms with Crippen LogP contribution in [0.15, 0.2) is 138 Å². The second-order valence-electron chi connectivity index (χ2n) is 12.3. The van der Waals surface area contributed by atoms with Crippen LogP contribution in [-0.2, 0) is 6.42 Å². The number of para-hydroxylation sites is 1. The van der Waals surface area contributed by atoms with Gasteiger partial charge in [-0.1, -0.05) is 103 Å². The topological polar surface area (TPSA) is 51.8 Å². The zero-order valence-electron chi connectivity index (χ0n) is 25.9. The van der Waals surface area contributed by atoms with Crippen LogP contribution in [-0.4, -0.2) is 15.0 Å². The number of allylic oxidation sites excluding steroid dienone is 1. The van der Waals surface area contributed by atoms with Crippen molar-refractivity contribution in [3.8, 4) is 45.3 Å². The minimum Gasteiger partial charge on any atom is -0.456 e. The Morgan fingerprint density at radius 3 is 2.17 bits per heavy atom. The Balaban J connectivity index is 1.22. The smallest absolute Gasteiger partial charge is 0.165 e. The number of furan rings is 1. The van der Waals surface area contributed by atoms with Crippen molar-refractivity contribution in [2.24, 2.45) is 0 Å². The van der Waals surface area contributed by atoms with Crippen LogP contribution >= 0.6 is 11.3 Å². The Hall–Kier alpha value is -5.91. The van der Waals surface area contributed by atoms with Gasteiger partial charge in [0.2, 0.25) is 0 Å². The number of hydrogen-bond acceptors (Lipinski definition) is 5. The van der Waals surface area contributed by atoms with Gasteiger partial charge in [-0.3, -0.25) is 0 Å². The molecule has 0 bridgehead atoms. The molecule has 0 aliphatic heterocycles. The molecule has 10 rings (SSSR count). The Labute approximate surface area is 280 Å². The largest absolute Gasteiger partial charge is 0.456 e. The minimum absolute atomic E-state index is 0.628. The van der Waals surface area contributed by atoms with Crippen molar-refractivity contribution in [1.29, 1.82) is 0 Å². The summed E-state index contributed by atoms with van der Waals surface area (Å²) in [6.07, 6.45) is 6.66. The molecule has 0 unspecified atom stereocenters. The lowest BCUT2D eigenvalue weighted by Gasteiger charge is -2.11. The van der Waals surface area contributed by atoms with Gasteiger partial charge in [0.25, 0.3) is 0 Å². The Morgan fingerprint density at radius 1 is 0.542 bits per heavy atom. The van der Waals surface area contributed by atoms with Crippen LogP contribution in [0.5, 0.6) is 0 Å². The molecule has 4 nitrogen and oxygen atoms in total. The molecule has 1 aliphatic rings. The molecular formula is C43H27N3OS. The van der Waals surface area contributed by atoms with Crippen molar-refractivity contribution in [1.82, 2.24) is 15.0 Å². The second kappa shape index (κ2) is 10.8. The number of aromatic nitrogens is 3. The van der Waals surface area contributed by atoms with Gasteiger partial charge in [0.1, 0.15) is 11.2 Å². The van der Waals surface area contributed by atoms with Crippen molar-refractivity contribution in [3.63, 3.8) is 0 Å². The number of benzene rings is 6. The summed E-state index contributed by atoms with van der Waals surface area (Å²) in [5, 5.41) is 5.66. The van der Waals surface area contributed by atoms with Crippen LogP contribution < -0.4 is 0 Å². The first-order chi connectivity index (χ1) is 23.8. The molecule has 3 heterocycles. The molecule has 3 aromatic heterocycles. The van der Waals surface area contributed by atoms with Gasteiger partial charge in [-0.05, 0) is 82.1 Å². The maximum Gasteiger partial charge on any atom is 0.165 e. The molecule has 6 aromatic carbocycles. The highest BCUT2D eigenvalue weighted by Crippen LogP contribution is 2.42. The molecule has 0 spiro atoms. The predicted octanol–water partition coefficient (Wildman–Crippen LogP) is 11.8. The normalized spacial score (nSPS) is 12.8. The van der Waals surface area contributed by atoms with Crippen molar-refractivity contribution >= 4 is 60.2 Å². The van der Waals surface area contributed by atoms with Crippen LogP contribution in [0.4, 0.5) is 0 Å². The maximum absolute atomic E-state index is 6.27. The van der Waals surface area contributed by atoms with Gasteiger partial charge in [-0.15, -0.1) is 11.3 Å². The summed E-state index contributed by atoms with van der Waals surface area (Å²) in [5.41, 5.74) is 8.36. The van der Waals surface area contributed by atoms with E-state index in [0.29, 0.717) is 17.5 Å². The number of rotatable bonds is 4. The van der Waals surface area contributed by atoms with Crippen molar-refractivity contribution in [3.05, 3.63) is 144 Å². The van der Waals surface area contributed by atoms with Gasteiger partial charge in [0, 0.05) is 37.0 Å². The van der Waals surface area contributed by atoms with Crippen molar-refractivity contribution < 1.29 is 4.42 Å². The molecule has 1 aliphatic carbocycles. The monoisotopic (exact) mass is 633 g/mol. The SMILES string of the molecule is C1=Cc2sc3c(-c4nc(-c5ccc6ccc(-c7ccccc7)cc6c5)nc(-c5cccc6oc7ccccc7c56)n4)cccc3c2CC1. The van der Waals surface area contributed by atoms with Crippen LogP contribution in [0, 0.1) is 0 Å². The number of nitrogens with zero attached hydrogens (tertiary/aromatic N) is 3. The van der Waals surface area contributed by atoms with Crippen molar-refractivity contribution in [2.45, 2.75) is 12.8 Å². The van der Waals surface area contributed by atoms with E-state index in [1.165, 1.54) is 37.0 Å². The molecule has 5 heteroatoms. The number of thiophene rings is 1. The third kappa shape index (κ3) is 4.39. The molecule has 0 saturated carbocycles. The highest BCUT2D eigenvalue weighted by molar-refractivity contribution is 7.20. The van der Waals surface area contributed by atoms with E-state index in [-0.39, 0.29) is 0 Å². The van der Waals surface area contributed by atoms with Gasteiger partial charge in [0.05, 0.1) is 0 Å². The third-order valence-corrected chi connectivity index (χ3v) is 10.7. The second-order valence-corrected chi connectivity index (χ2v) is 13.3. The van der Waals surface area contributed by atoms with Gasteiger partial charge in [-0.25, -0.2) is 15.0 Å².